The summed E-state index contributed by atoms with van der Waals surface area (Å²) in [7, 11) is 0. The first-order valence-electron chi connectivity index (χ1n) is 4.95. The molecule has 0 saturated heterocycles. The molecule has 1 N–H and O–H groups in total. The lowest BCUT2D eigenvalue weighted by atomic mass is 10.1. The normalized spacial score (nSPS) is 9.33. The van der Waals surface area contributed by atoms with Gasteiger partial charge in [0, 0.05) is 18.6 Å². The summed E-state index contributed by atoms with van der Waals surface area (Å²) in [6, 6.07) is 16.8. The lowest BCUT2D eigenvalue weighted by Crippen LogP contribution is -3.00. The van der Waals surface area contributed by atoms with Crippen LogP contribution in [0.2, 0.25) is 0 Å². The third-order valence-corrected chi connectivity index (χ3v) is 2.30. The lowest BCUT2D eigenvalue weighted by Gasteiger charge is -1.96. The summed E-state index contributed by atoms with van der Waals surface area (Å²) in [5.41, 5.74) is 2.68. The van der Waals surface area contributed by atoms with E-state index in [-0.39, 0.29) is 17.0 Å². The van der Waals surface area contributed by atoms with Crippen LogP contribution >= 0.6 is 0 Å². The Labute approximate surface area is 101 Å². The van der Waals surface area contributed by atoms with Gasteiger partial charge >= 0.3 is 0 Å². The third kappa shape index (κ3) is 3.84. The monoisotopic (exact) mass is 263 g/mol. The maximum Gasteiger partial charge on any atom is 0.179 e. The first kappa shape index (κ1) is 11.9. The van der Waals surface area contributed by atoms with E-state index < -0.39 is 0 Å². The summed E-state index contributed by atoms with van der Waals surface area (Å²) >= 11 is 0. The quantitative estimate of drug-likeness (QED) is 0.695. The van der Waals surface area contributed by atoms with Crippen molar-refractivity contribution in [3.63, 3.8) is 0 Å². The number of nitrogens with one attached hydrogen (secondary N) is 1. The number of pyridine rings is 1. The maximum absolute atomic E-state index is 3.24. The van der Waals surface area contributed by atoms with E-state index in [1.807, 2.05) is 12.3 Å². The van der Waals surface area contributed by atoms with Crippen LogP contribution in [0.5, 0.6) is 0 Å². The smallest absolute Gasteiger partial charge is 0.179 e. The average molecular weight is 264 g/mol. The zero-order valence-corrected chi connectivity index (χ0v) is 10.1. The van der Waals surface area contributed by atoms with Crippen LogP contribution in [-0.4, -0.2) is 0 Å². The largest absolute Gasteiger partial charge is 1.00 e. The molecular weight excluding hydrogens is 250 g/mol. The van der Waals surface area contributed by atoms with Crippen LogP contribution in [0.3, 0.4) is 0 Å². The molecule has 0 aliphatic heterocycles. The van der Waals surface area contributed by atoms with Crippen LogP contribution in [0.1, 0.15) is 11.3 Å². The summed E-state index contributed by atoms with van der Waals surface area (Å²) in [5, 5.41) is 0. The fraction of sp³-hybridized carbons (Fsp3) is 0.154. The molecule has 0 spiro atoms. The Bertz CT molecular complexity index is 333. The van der Waals surface area contributed by atoms with Crippen molar-refractivity contribution in [3.05, 3.63) is 66.0 Å². The average Bonchev–Trinajstić information content (AvgIpc) is 2.29. The van der Waals surface area contributed by atoms with Gasteiger partial charge in [0.1, 0.15) is 0 Å². The fourth-order valence-corrected chi connectivity index (χ4v) is 1.51. The molecule has 0 amide bonds. The highest BCUT2D eigenvalue weighted by molar-refractivity contribution is 5.15. The molecule has 1 aromatic heterocycles. The van der Waals surface area contributed by atoms with Crippen molar-refractivity contribution >= 4 is 0 Å². The second-order valence-electron chi connectivity index (χ2n) is 3.37. The molecule has 0 aliphatic rings. The molecule has 0 bridgehead atoms. The van der Waals surface area contributed by atoms with E-state index in [9.17, 15) is 0 Å². The van der Waals surface area contributed by atoms with Crippen molar-refractivity contribution < 1.29 is 22.0 Å². The van der Waals surface area contributed by atoms with Crippen LogP contribution in [0.4, 0.5) is 0 Å². The van der Waals surface area contributed by atoms with Crippen LogP contribution in [0, 0.1) is 0 Å². The standard InChI is InChI=1S/C13H13N.BrH/c1-2-6-12(7-3-1)9-10-13-8-4-5-11-14-13;/h1-8,11H,9-10H2;1H. The van der Waals surface area contributed by atoms with Gasteiger partial charge in [-0.25, -0.2) is 4.98 Å². The highest BCUT2D eigenvalue weighted by atomic mass is 79.9. The summed E-state index contributed by atoms with van der Waals surface area (Å²) < 4.78 is 0. The van der Waals surface area contributed by atoms with Gasteiger partial charge in [-0.2, -0.15) is 0 Å². The summed E-state index contributed by atoms with van der Waals surface area (Å²) in [5.74, 6) is 0. The minimum Gasteiger partial charge on any atom is -1.00 e. The molecule has 2 rings (SSSR count). The predicted octanol–water partition coefficient (Wildman–Crippen LogP) is -0.710. The fourth-order valence-electron chi connectivity index (χ4n) is 1.51. The highest BCUT2D eigenvalue weighted by Crippen LogP contribution is 2.02. The Morgan fingerprint density at radius 1 is 0.800 bits per heavy atom. The van der Waals surface area contributed by atoms with Crippen molar-refractivity contribution in [2.75, 3.05) is 0 Å². The zero-order valence-electron chi connectivity index (χ0n) is 8.49. The van der Waals surface area contributed by atoms with Gasteiger partial charge in [0.15, 0.2) is 11.9 Å². The molecular formula is C13H14BrN. The van der Waals surface area contributed by atoms with E-state index >= 15 is 0 Å². The summed E-state index contributed by atoms with van der Waals surface area (Å²) in [6.45, 7) is 0. The summed E-state index contributed by atoms with van der Waals surface area (Å²) in [6.07, 6.45) is 4.15. The molecule has 0 fully saturated rings. The van der Waals surface area contributed by atoms with Gasteiger partial charge in [-0.15, -0.1) is 0 Å². The van der Waals surface area contributed by atoms with E-state index in [1.165, 1.54) is 11.3 Å². The van der Waals surface area contributed by atoms with E-state index in [2.05, 4.69) is 47.4 Å². The molecule has 2 aromatic rings. The molecule has 0 atom stereocenters. The minimum atomic E-state index is 0. The van der Waals surface area contributed by atoms with Gasteiger partial charge in [-0.3, -0.25) is 0 Å². The lowest BCUT2D eigenvalue weighted by molar-refractivity contribution is -0.390. The van der Waals surface area contributed by atoms with Gasteiger partial charge in [-0.1, -0.05) is 36.4 Å². The van der Waals surface area contributed by atoms with Gasteiger partial charge in [0.25, 0.3) is 0 Å². The van der Waals surface area contributed by atoms with Gasteiger partial charge in [-0.05, 0) is 12.0 Å². The van der Waals surface area contributed by atoms with Gasteiger partial charge in [0.2, 0.25) is 0 Å². The number of H-pyrrole nitrogens is 1. The predicted molar refractivity (Wildman–Crippen MR) is 56.8 cm³/mol. The molecule has 15 heavy (non-hydrogen) atoms. The van der Waals surface area contributed by atoms with Crippen molar-refractivity contribution in [3.8, 4) is 0 Å². The molecule has 78 valence electrons. The Hall–Kier alpha value is -1.15. The number of aryl methyl sites for hydroxylation is 2. The molecule has 0 aliphatic carbocycles. The minimum absolute atomic E-state index is 0. The molecule has 0 saturated carbocycles. The van der Waals surface area contributed by atoms with E-state index in [0.717, 1.165) is 12.8 Å². The molecule has 0 radical (unpaired) electrons. The van der Waals surface area contributed by atoms with Crippen LogP contribution in [-0.2, 0) is 12.8 Å². The second kappa shape index (κ2) is 6.36. The SMILES string of the molecule is [Br-].c1ccc(CCc2cccc[nH+]2)cc1. The number of hydrogen-bond donors (Lipinski definition) is 0. The molecule has 1 nitrogen and oxygen atoms in total. The Kier molecular flexibility index (Phi) is 5.05. The zero-order chi connectivity index (χ0) is 9.64. The third-order valence-electron chi connectivity index (χ3n) is 2.30. The molecule has 1 heterocycles. The van der Waals surface area contributed by atoms with Crippen LogP contribution in [0.15, 0.2) is 54.7 Å². The van der Waals surface area contributed by atoms with Crippen molar-refractivity contribution in [2.24, 2.45) is 0 Å². The highest BCUT2D eigenvalue weighted by Gasteiger charge is 1.99. The van der Waals surface area contributed by atoms with Crippen molar-refractivity contribution in [1.29, 1.82) is 0 Å². The van der Waals surface area contributed by atoms with Crippen molar-refractivity contribution in [2.45, 2.75) is 12.8 Å². The topological polar surface area (TPSA) is 14.1 Å². The van der Waals surface area contributed by atoms with Crippen LogP contribution in [0.25, 0.3) is 0 Å². The first-order chi connectivity index (χ1) is 6.95. The maximum atomic E-state index is 3.24. The molecule has 0 unspecified atom stereocenters. The Morgan fingerprint density at radius 3 is 2.20 bits per heavy atom. The number of aromatic amines is 1. The van der Waals surface area contributed by atoms with Crippen molar-refractivity contribution in [1.82, 2.24) is 0 Å². The number of benzene rings is 1. The number of halogens is 1. The first-order valence-corrected chi connectivity index (χ1v) is 4.95. The van der Waals surface area contributed by atoms with Gasteiger partial charge in [0.05, 0.1) is 0 Å². The van der Waals surface area contributed by atoms with Crippen LogP contribution < -0.4 is 22.0 Å². The molecule has 2 heteroatoms. The number of aromatic nitrogens is 1. The Balaban J connectivity index is 0.00000112. The number of rotatable bonds is 3. The van der Waals surface area contributed by atoms with E-state index in [4.69, 9.17) is 0 Å². The second-order valence-corrected chi connectivity index (χ2v) is 3.37. The number of hydrogen-bond acceptors (Lipinski definition) is 0. The van der Waals surface area contributed by atoms with Gasteiger partial charge < -0.3 is 17.0 Å². The summed E-state index contributed by atoms with van der Waals surface area (Å²) in [4.78, 5) is 3.24. The molecule has 1 aromatic carbocycles. The Morgan fingerprint density at radius 2 is 1.53 bits per heavy atom. The van der Waals surface area contributed by atoms with E-state index in [1.54, 1.807) is 0 Å². The van der Waals surface area contributed by atoms with E-state index in [0.29, 0.717) is 0 Å².